The zero-order valence-electron chi connectivity index (χ0n) is 8.96. The second-order valence-electron chi connectivity index (χ2n) is 3.93. The molecule has 76 valence electrons. The molecule has 13 heavy (non-hydrogen) atoms. The van der Waals surface area contributed by atoms with E-state index in [4.69, 9.17) is 4.74 Å². The molecule has 1 fully saturated rings. The van der Waals surface area contributed by atoms with Gasteiger partial charge in [0, 0.05) is 6.61 Å². The third-order valence-electron chi connectivity index (χ3n) is 2.74. The molecule has 0 aromatic rings. The van der Waals surface area contributed by atoms with E-state index in [-0.39, 0.29) is 0 Å². The highest BCUT2D eigenvalue weighted by molar-refractivity contribution is 4.88. The van der Waals surface area contributed by atoms with E-state index in [1.54, 1.807) is 0 Å². The molecule has 0 saturated heterocycles. The van der Waals surface area contributed by atoms with Gasteiger partial charge in [-0.1, -0.05) is 19.1 Å². The van der Waals surface area contributed by atoms with Crippen molar-refractivity contribution >= 4 is 0 Å². The van der Waals surface area contributed by atoms with Crippen LogP contribution < -0.4 is 0 Å². The van der Waals surface area contributed by atoms with Crippen LogP contribution in [0.3, 0.4) is 0 Å². The molecular formula is C12H22O. The Hall–Kier alpha value is -0.300. The molecule has 1 heteroatoms. The Morgan fingerprint density at radius 2 is 1.92 bits per heavy atom. The number of allylic oxidation sites excluding steroid dienone is 2. The van der Waals surface area contributed by atoms with Crippen molar-refractivity contribution in [3.8, 4) is 0 Å². The second kappa shape index (κ2) is 6.20. The Bertz CT molecular complexity index is 143. The van der Waals surface area contributed by atoms with E-state index < -0.39 is 0 Å². The van der Waals surface area contributed by atoms with Gasteiger partial charge in [0.25, 0.3) is 0 Å². The quantitative estimate of drug-likeness (QED) is 0.604. The molecule has 0 bridgehead atoms. The lowest BCUT2D eigenvalue weighted by atomic mass is 9.87. The zero-order chi connectivity index (χ0) is 9.52. The molecule has 1 saturated carbocycles. The lowest BCUT2D eigenvalue weighted by Gasteiger charge is -2.26. The Labute approximate surface area is 82.2 Å². The molecule has 1 aliphatic rings. The van der Waals surface area contributed by atoms with Gasteiger partial charge in [-0.2, -0.15) is 0 Å². The first kappa shape index (κ1) is 10.8. The molecule has 0 aromatic heterocycles. The van der Waals surface area contributed by atoms with Gasteiger partial charge in [-0.3, -0.25) is 0 Å². The molecule has 0 N–H and O–H groups in total. The van der Waals surface area contributed by atoms with E-state index in [0.717, 1.165) is 18.9 Å². The highest BCUT2D eigenvalue weighted by atomic mass is 16.5. The molecule has 1 rings (SSSR count). The van der Waals surface area contributed by atoms with Crippen molar-refractivity contribution in [1.82, 2.24) is 0 Å². The summed E-state index contributed by atoms with van der Waals surface area (Å²) < 4.78 is 5.73. The first-order valence-electron chi connectivity index (χ1n) is 5.61. The summed E-state index contributed by atoms with van der Waals surface area (Å²) in [6.07, 6.45) is 11.4. The minimum Gasteiger partial charge on any atom is -0.378 e. The van der Waals surface area contributed by atoms with Crippen LogP contribution in [-0.4, -0.2) is 12.7 Å². The summed E-state index contributed by atoms with van der Waals surface area (Å²) in [6, 6.07) is 0. The van der Waals surface area contributed by atoms with Crippen molar-refractivity contribution in [1.29, 1.82) is 0 Å². The first-order chi connectivity index (χ1) is 6.36. The molecule has 0 radical (unpaired) electrons. The Balaban J connectivity index is 2.15. The van der Waals surface area contributed by atoms with Crippen LogP contribution in [0.2, 0.25) is 0 Å². The predicted molar refractivity (Wildman–Crippen MR) is 56.8 cm³/mol. The fourth-order valence-corrected chi connectivity index (χ4v) is 2.00. The van der Waals surface area contributed by atoms with Crippen molar-refractivity contribution in [2.75, 3.05) is 6.61 Å². The van der Waals surface area contributed by atoms with Crippen LogP contribution in [0, 0.1) is 5.92 Å². The van der Waals surface area contributed by atoms with Crippen molar-refractivity contribution in [3.05, 3.63) is 12.2 Å². The van der Waals surface area contributed by atoms with E-state index in [1.807, 2.05) is 0 Å². The average molecular weight is 182 g/mol. The molecule has 0 heterocycles. The molecule has 1 aliphatic carbocycles. The highest BCUT2D eigenvalue weighted by Gasteiger charge is 2.19. The van der Waals surface area contributed by atoms with Gasteiger partial charge in [-0.15, -0.1) is 0 Å². The van der Waals surface area contributed by atoms with Crippen LogP contribution in [0.25, 0.3) is 0 Å². The topological polar surface area (TPSA) is 9.23 Å². The lowest BCUT2D eigenvalue weighted by molar-refractivity contribution is 0.0227. The third-order valence-corrected chi connectivity index (χ3v) is 2.74. The summed E-state index contributed by atoms with van der Waals surface area (Å²) in [5, 5.41) is 0. The molecule has 0 aliphatic heterocycles. The molecule has 0 amide bonds. The fourth-order valence-electron chi connectivity index (χ4n) is 2.00. The molecule has 0 unspecified atom stereocenters. The van der Waals surface area contributed by atoms with Gasteiger partial charge in [0.2, 0.25) is 0 Å². The molecule has 0 atom stereocenters. The Kier molecular flexibility index (Phi) is 5.14. The first-order valence-corrected chi connectivity index (χ1v) is 5.61. The maximum atomic E-state index is 5.73. The minimum atomic E-state index is 0.557. The van der Waals surface area contributed by atoms with Crippen LogP contribution in [0.1, 0.15) is 46.0 Å². The Morgan fingerprint density at radius 1 is 1.23 bits per heavy atom. The van der Waals surface area contributed by atoms with E-state index in [0.29, 0.717) is 6.10 Å². The average Bonchev–Trinajstić information content (AvgIpc) is 2.17. The summed E-state index contributed by atoms with van der Waals surface area (Å²) in [5.74, 6) is 0.825. The van der Waals surface area contributed by atoms with Crippen LogP contribution in [0.5, 0.6) is 0 Å². The van der Waals surface area contributed by atoms with Crippen molar-refractivity contribution in [2.45, 2.75) is 52.1 Å². The second-order valence-corrected chi connectivity index (χ2v) is 3.93. The van der Waals surface area contributed by atoms with Gasteiger partial charge >= 0.3 is 0 Å². The van der Waals surface area contributed by atoms with Crippen molar-refractivity contribution < 1.29 is 4.74 Å². The van der Waals surface area contributed by atoms with Crippen LogP contribution in [0.15, 0.2) is 12.2 Å². The lowest BCUT2D eigenvalue weighted by Crippen LogP contribution is -2.21. The molecule has 0 spiro atoms. The summed E-state index contributed by atoms with van der Waals surface area (Å²) in [4.78, 5) is 0. The zero-order valence-corrected chi connectivity index (χ0v) is 8.96. The van der Waals surface area contributed by atoms with Gasteiger partial charge in [0.05, 0.1) is 6.10 Å². The molecule has 1 nitrogen and oxygen atoms in total. The standard InChI is InChI=1S/C12H22O/c1-3-5-11-6-8-12(9-7-11)13-10-4-2/h3,5,11-12H,4,6-10H2,1-2H3. The maximum Gasteiger partial charge on any atom is 0.0575 e. The number of hydrogen-bond donors (Lipinski definition) is 0. The number of hydrogen-bond acceptors (Lipinski definition) is 1. The van der Waals surface area contributed by atoms with Gasteiger partial charge < -0.3 is 4.74 Å². The van der Waals surface area contributed by atoms with Crippen LogP contribution in [-0.2, 0) is 4.74 Å². The van der Waals surface area contributed by atoms with Gasteiger partial charge in [-0.05, 0) is 44.9 Å². The number of rotatable bonds is 4. The van der Waals surface area contributed by atoms with E-state index >= 15 is 0 Å². The molecule has 0 aromatic carbocycles. The fraction of sp³-hybridized carbons (Fsp3) is 0.833. The van der Waals surface area contributed by atoms with Crippen molar-refractivity contribution in [3.63, 3.8) is 0 Å². The largest absolute Gasteiger partial charge is 0.378 e. The SMILES string of the molecule is CC=CC1CCC(OCCC)CC1. The van der Waals surface area contributed by atoms with Crippen LogP contribution in [0.4, 0.5) is 0 Å². The smallest absolute Gasteiger partial charge is 0.0575 e. The van der Waals surface area contributed by atoms with Gasteiger partial charge in [-0.25, -0.2) is 0 Å². The van der Waals surface area contributed by atoms with Gasteiger partial charge in [0.15, 0.2) is 0 Å². The summed E-state index contributed by atoms with van der Waals surface area (Å²) in [6.45, 7) is 5.23. The third kappa shape index (κ3) is 3.95. The summed E-state index contributed by atoms with van der Waals surface area (Å²) in [7, 11) is 0. The monoisotopic (exact) mass is 182 g/mol. The number of ether oxygens (including phenoxy) is 1. The Morgan fingerprint density at radius 3 is 2.46 bits per heavy atom. The minimum absolute atomic E-state index is 0.557. The summed E-state index contributed by atoms with van der Waals surface area (Å²) >= 11 is 0. The maximum absolute atomic E-state index is 5.73. The summed E-state index contributed by atoms with van der Waals surface area (Å²) in [5.41, 5.74) is 0. The molecular weight excluding hydrogens is 160 g/mol. The van der Waals surface area contributed by atoms with Crippen molar-refractivity contribution in [2.24, 2.45) is 5.92 Å². The van der Waals surface area contributed by atoms with Gasteiger partial charge in [0.1, 0.15) is 0 Å². The van der Waals surface area contributed by atoms with Crippen LogP contribution >= 0.6 is 0 Å². The van der Waals surface area contributed by atoms with E-state index in [9.17, 15) is 0 Å². The highest BCUT2D eigenvalue weighted by Crippen LogP contribution is 2.27. The van der Waals surface area contributed by atoms with E-state index in [2.05, 4.69) is 26.0 Å². The van der Waals surface area contributed by atoms with E-state index in [1.165, 1.54) is 25.7 Å². The predicted octanol–water partition coefficient (Wildman–Crippen LogP) is 3.55. The normalized spacial score (nSPS) is 29.7.